The summed E-state index contributed by atoms with van der Waals surface area (Å²) in [6.45, 7) is 1.71. The highest BCUT2D eigenvalue weighted by atomic mass is 15.3. The third-order valence-corrected chi connectivity index (χ3v) is 3.43. The lowest BCUT2D eigenvalue weighted by molar-refractivity contribution is 0.130. The van der Waals surface area contributed by atoms with Gasteiger partial charge < -0.3 is 5.73 Å². The molecule has 0 amide bonds. The lowest BCUT2D eigenvalue weighted by Crippen LogP contribution is -2.34. The van der Waals surface area contributed by atoms with Crippen LogP contribution in [0.1, 0.15) is 37.0 Å². The average molecular weight is 259 g/mol. The minimum Gasteiger partial charge on any atom is -0.384 e. The van der Waals surface area contributed by atoms with Crippen LogP contribution in [-0.4, -0.2) is 36.6 Å². The molecule has 2 aromatic heterocycles. The van der Waals surface area contributed by atoms with Gasteiger partial charge in [0.15, 0.2) is 0 Å². The van der Waals surface area contributed by atoms with Crippen LogP contribution in [0.5, 0.6) is 0 Å². The van der Waals surface area contributed by atoms with Gasteiger partial charge in [-0.1, -0.05) is 6.42 Å². The van der Waals surface area contributed by atoms with Crippen molar-refractivity contribution in [3.05, 3.63) is 30.2 Å². The Kier molecular flexibility index (Phi) is 3.37. The van der Waals surface area contributed by atoms with Gasteiger partial charge in [-0.25, -0.2) is 15.0 Å². The van der Waals surface area contributed by atoms with Crippen molar-refractivity contribution in [1.82, 2.24) is 30.0 Å². The molecule has 0 aliphatic carbocycles. The maximum absolute atomic E-state index is 5.69. The smallest absolute Gasteiger partial charge is 0.144 e. The van der Waals surface area contributed by atoms with Gasteiger partial charge in [-0.2, -0.15) is 5.10 Å². The largest absolute Gasteiger partial charge is 0.384 e. The minimum atomic E-state index is 0.265. The van der Waals surface area contributed by atoms with E-state index in [4.69, 9.17) is 5.73 Å². The molecule has 1 saturated heterocycles. The number of hydrogen-bond donors (Lipinski definition) is 2. The number of rotatable bonds is 3. The van der Waals surface area contributed by atoms with Crippen LogP contribution in [0.3, 0.4) is 0 Å². The highest BCUT2D eigenvalue weighted by molar-refractivity contribution is 5.25. The highest BCUT2D eigenvalue weighted by Gasteiger charge is 2.26. The molecular formula is C12H17N7. The van der Waals surface area contributed by atoms with E-state index in [2.05, 4.69) is 30.0 Å². The van der Waals surface area contributed by atoms with E-state index in [0.29, 0.717) is 12.4 Å². The van der Waals surface area contributed by atoms with Crippen LogP contribution >= 0.6 is 0 Å². The van der Waals surface area contributed by atoms with E-state index in [1.807, 2.05) is 0 Å². The normalized spacial score (nSPS) is 20.5. The van der Waals surface area contributed by atoms with Crippen LogP contribution in [0.2, 0.25) is 0 Å². The Labute approximate surface area is 111 Å². The molecule has 100 valence electrons. The fourth-order valence-corrected chi connectivity index (χ4v) is 2.54. The number of H-pyrrole nitrogens is 1. The molecule has 1 aliphatic rings. The molecular weight excluding hydrogens is 242 g/mol. The van der Waals surface area contributed by atoms with Gasteiger partial charge in [0.05, 0.1) is 12.6 Å². The van der Waals surface area contributed by atoms with Crippen molar-refractivity contribution in [2.75, 3.05) is 12.3 Å². The lowest BCUT2D eigenvalue weighted by atomic mass is 10.0. The monoisotopic (exact) mass is 259 g/mol. The molecule has 3 heterocycles. The van der Waals surface area contributed by atoms with E-state index in [1.54, 1.807) is 18.6 Å². The summed E-state index contributed by atoms with van der Waals surface area (Å²) in [4.78, 5) is 15.1. The van der Waals surface area contributed by atoms with Crippen molar-refractivity contribution in [2.24, 2.45) is 0 Å². The zero-order chi connectivity index (χ0) is 13.1. The third kappa shape index (κ3) is 2.70. The van der Waals surface area contributed by atoms with Crippen molar-refractivity contribution >= 4 is 5.82 Å². The Hall–Kier alpha value is -2.02. The Balaban J connectivity index is 1.77. The summed E-state index contributed by atoms with van der Waals surface area (Å²) in [6, 6.07) is 1.97. The second kappa shape index (κ2) is 5.31. The summed E-state index contributed by atoms with van der Waals surface area (Å²) in [5.74, 6) is 2.19. The Morgan fingerprint density at radius 3 is 3.11 bits per heavy atom. The number of nitrogens with zero attached hydrogens (tertiary/aromatic N) is 5. The SMILES string of the molecule is Nc1ccnc(CN2CCCC[C@@H]2c2ncn[nH]2)n1. The molecule has 0 saturated carbocycles. The summed E-state index contributed by atoms with van der Waals surface area (Å²) < 4.78 is 0. The fraction of sp³-hybridized carbons (Fsp3) is 0.500. The van der Waals surface area contributed by atoms with Crippen molar-refractivity contribution in [3.63, 3.8) is 0 Å². The van der Waals surface area contributed by atoms with E-state index < -0.39 is 0 Å². The third-order valence-electron chi connectivity index (χ3n) is 3.43. The van der Waals surface area contributed by atoms with Gasteiger partial charge in [0.1, 0.15) is 23.8 Å². The van der Waals surface area contributed by atoms with Crippen LogP contribution in [0.15, 0.2) is 18.6 Å². The summed E-state index contributed by atoms with van der Waals surface area (Å²) in [6.07, 6.45) is 6.73. The molecule has 1 atom stereocenters. The van der Waals surface area contributed by atoms with Gasteiger partial charge in [0.25, 0.3) is 0 Å². The summed E-state index contributed by atoms with van der Waals surface area (Å²) in [7, 11) is 0. The number of piperidine rings is 1. The molecule has 0 radical (unpaired) electrons. The van der Waals surface area contributed by atoms with E-state index >= 15 is 0 Å². The lowest BCUT2D eigenvalue weighted by Gasteiger charge is -2.33. The number of aromatic nitrogens is 5. The summed E-state index contributed by atoms with van der Waals surface area (Å²) in [5, 5.41) is 6.90. The number of nitrogens with two attached hydrogens (primary N) is 1. The number of likely N-dealkylation sites (tertiary alicyclic amines) is 1. The molecule has 0 bridgehead atoms. The first kappa shape index (κ1) is 12.0. The predicted octanol–water partition coefficient (Wildman–Crippen LogP) is 0.904. The Bertz CT molecular complexity index is 525. The molecule has 7 heteroatoms. The standard InChI is InChI=1S/C12H17N7/c13-10-4-5-14-11(17-10)7-19-6-2-1-3-9(19)12-15-8-16-18-12/h4-5,8-9H,1-3,6-7H2,(H2,13,14,17)(H,15,16,18)/t9-/m1/s1. The minimum absolute atomic E-state index is 0.265. The topological polar surface area (TPSA) is 96.6 Å². The van der Waals surface area contributed by atoms with E-state index in [-0.39, 0.29) is 6.04 Å². The van der Waals surface area contributed by atoms with Gasteiger partial charge in [-0.05, 0) is 25.5 Å². The molecule has 3 N–H and O–H groups in total. The molecule has 0 spiro atoms. The van der Waals surface area contributed by atoms with E-state index in [0.717, 1.165) is 24.6 Å². The van der Waals surface area contributed by atoms with Crippen molar-refractivity contribution in [1.29, 1.82) is 0 Å². The van der Waals surface area contributed by atoms with Crippen LogP contribution in [-0.2, 0) is 6.54 Å². The molecule has 0 aromatic carbocycles. The zero-order valence-electron chi connectivity index (χ0n) is 10.7. The van der Waals surface area contributed by atoms with Crippen molar-refractivity contribution in [3.8, 4) is 0 Å². The van der Waals surface area contributed by atoms with Crippen LogP contribution in [0.25, 0.3) is 0 Å². The number of aromatic amines is 1. The zero-order valence-corrected chi connectivity index (χ0v) is 10.7. The highest BCUT2D eigenvalue weighted by Crippen LogP contribution is 2.29. The number of anilines is 1. The molecule has 1 fully saturated rings. The number of nitrogen functional groups attached to an aromatic ring is 1. The number of nitrogens with one attached hydrogen (secondary N) is 1. The predicted molar refractivity (Wildman–Crippen MR) is 69.8 cm³/mol. The Morgan fingerprint density at radius 2 is 2.32 bits per heavy atom. The van der Waals surface area contributed by atoms with Gasteiger partial charge in [0, 0.05) is 6.20 Å². The van der Waals surface area contributed by atoms with Crippen LogP contribution < -0.4 is 5.73 Å². The van der Waals surface area contributed by atoms with Gasteiger partial charge in [-0.3, -0.25) is 10.00 Å². The van der Waals surface area contributed by atoms with Gasteiger partial charge in [-0.15, -0.1) is 0 Å². The van der Waals surface area contributed by atoms with Gasteiger partial charge in [0.2, 0.25) is 0 Å². The quantitative estimate of drug-likeness (QED) is 0.850. The maximum atomic E-state index is 5.69. The average Bonchev–Trinajstić information content (AvgIpc) is 2.93. The van der Waals surface area contributed by atoms with Crippen LogP contribution in [0.4, 0.5) is 5.82 Å². The maximum Gasteiger partial charge on any atom is 0.144 e. The molecule has 3 rings (SSSR count). The van der Waals surface area contributed by atoms with Crippen LogP contribution in [0, 0.1) is 0 Å². The first-order chi connectivity index (χ1) is 9.33. The molecule has 7 nitrogen and oxygen atoms in total. The second-order valence-electron chi connectivity index (χ2n) is 4.75. The first-order valence-corrected chi connectivity index (χ1v) is 6.49. The first-order valence-electron chi connectivity index (χ1n) is 6.49. The molecule has 19 heavy (non-hydrogen) atoms. The van der Waals surface area contributed by atoms with E-state index in [1.165, 1.54) is 12.8 Å². The molecule has 2 aromatic rings. The summed E-state index contributed by atoms with van der Waals surface area (Å²) in [5.41, 5.74) is 5.69. The number of hydrogen-bond acceptors (Lipinski definition) is 6. The fourth-order valence-electron chi connectivity index (χ4n) is 2.54. The van der Waals surface area contributed by atoms with Crippen molar-refractivity contribution in [2.45, 2.75) is 31.8 Å². The summed E-state index contributed by atoms with van der Waals surface area (Å²) >= 11 is 0. The van der Waals surface area contributed by atoms with E-state index in [9.17, 15) is 0 Å². The molecule has 1 aliphatic heterocycles. The Morgan fingerprint density at radius 1 is 1.37 bits per heavy atom. The second-order valence-corrected chi connectivity index (χ2v) is 4.75. The van der Waals surface area contributed by atoms with Crippen molar-refractivity contribution < 1.29 is 0 Å². The molecule has 0 unspecified atom stereocenters. The van der Waals surface area contributed by atoms with Gasteiger partial charge >= 0.3 is 0 Å².